The monoisotopic (exact) mass is 555 g/mol. The predicted molar refractivity (Wildman–Crippen MR) is 140 cm³/mol. The third-order valence-corrected chi connectivity index (χ3v) is 8.16. The molecule has 0 saturated carbocycles. The Morgan fingerprint density at radius 3 is 2.06 bits per heavy atom. The molecule has 0 spiro atoms. The van der Waals surface area contributed by atoms with E-state index in [0.717, 1.165) is 16.1 Å². The van der Waals surface area contributed by atoms with Gasteiger partial charge in [0.25, 0.3) is 10.0 Å². The van der Waals surface area contributed by atoms with Crippen molar-refractivity contribution in [2.24, 2.45) is 0 Å². The fourth-order valence-corrected chi connectivity index (χ4v) is 6.01. The average molecular weight is 556 g/mol. The Kier molecular flexibility index (Phi) is 8.00. The lowest BCUT2D eigenvalue weighted by atomic mass is 10.2. The van der Waals surface area contributed by atoms with Gasteiger partial charge >= 0.3 is 0 Å². The van der Waals surface area contributed by atoms with Crippen molar-refractivity contribution in [3.05, 3.63) is 82.3 Å². The molecule has 3 rings (SSSR count). The van der Waals surface area contributed by atoms with Gasteiger partial charge in [0.2, 0.25) is 15.9 Å². The van der Waals surface area contributed by atoms with Gasteiger partial charge in [0.05, 0.1) is 27.5 Å². The van der Waals surface area contributed by atoms with E-state index in [1.54, 1.807) is 24.3 Å². The third-order valence-electron chi connectivity index (χ3n) is 4.98. The summed E-state index contributed by atoms with van der Waals surface area (Å²) < 4.78 is 53.6. The Hall–Kier alpha value is -2.79. The molecule has 3 aromatic rings. The molecule has 1 unspecified atom stereocenters. The highest BCUT2D eigenvalue weighted by Gasteiger charge is 2.29. The van der Waals surface area contributed by atoms with E-state index in [9.17, 15) is 21.6 Å². The molecule has 0 radical (unpaired) electrons. The third kappa shape index (κ3) is 6.66. The zero-order valence-electron chi connectivity index (χ0n) is 19.0. The highest BCUT2D eigenvalue weighted by atomic mass is 35.5. The van der Waals surface area contributed by atoms with Crippen LogP contribution in [-0.4, -0.2) is 35.0 Å². The number of halogens is 2. The van der Waals surface area contributed by atoms with E-state index < -0.39 is 32.0 Å². The first-order chi connectivity index (χ1) is 16.3. The fourth-order valence-electron chi connectivity index (χ4n) is 3.24. The molecule has 0 bridgehead atoms. The molecular formula is C23H23Cl2N3O5S2. The normalized spacial score (nSPS) is 12.6. The number of rotatable bonds is 8. The molecule has 0 aliphatic carbocycles. The maximum absolute atomic E-state index is 12.9. The summed E-state index contributed by atoms with van der Waals surface area (Å²) in [6, 6.07) is 15.5. The van der Waals surface area contributed by atoms with Crippen molar-refractivity contribution >= 4 is 66.2 Å². The van der Waals surface area contributed by atoms with Crippen LogP contribution in [0.2, 0.25) is 10.0 Å². The summed E-state index contributed by atoms with van der Waals surface area (Å²) in [5.74, 6) is -0.585. The van der Waals surface area contributed by atoms with E-state index in [4.69, 9.17) is 23.2 Å². The van der Waals surface area contributed by atoms with Gasteiger partial charge in [0, 0.05) is 10.7 Å². The van der Waals surface area contributed by atoms with Gasteiger partial charge in [-0.05, 0) is 68.4 Å². The number of carbonyl (C=O) groups excluding carboxylic acids is 1. The lowest BCUT2D eigenvalue weighted by Gasteiger charge is -2.28. The van der Waals surface area contributed by atoms with Crippen LogP contribution >= 0.6 is 23.2 Å². The van der Waals surface area contributed by atoms with Crippen molar-refractivity contribution in [3.63, 3.8) is 0 Å². The van der Waals surface area contributed by atoms with Crippen molar-refractivity contribution in [3.8, 4) is 0 Å². The molecular weight excluding hydrogens is 533 g/mol. The quantitative estimate of drug-likeness (QED) is 0.410. The number of hydrogen-bond donors (Lipinski definition) is 2. The van der Waals surface area contributed by atoms with Crippen molar-refractivity contribution in [1.29, 1.82) is 0 Å². The van der Waals surface area contributed by atoms with E-state index >= 15 is 0 Å². The number of hydrogen-bond acceptors (Lipinski definition) is 5. The van der Waals surface area contributed by atoms with Gasteiger partial charge in [-0.1, -0.05) is 40.9 Å². The highest BCUT2D eigenvalue weighted by Crippen LogP contribution is 2.28. The number of carbonyl (C=O) groups is 1. The lowest BCUT2D eigenvalue weighted by Crippen LogP contribution is -2.45. The molecule has 0 aliphatic heterocycles. The van der Waals surface area contributed by atoms with Crippen LogP contribution in [0.25, 0.3) is 0 Å². The fraction of sp³-hybridized carbons (Fsp3) is 0.174. The van der Waals surface area contributed by atoms with E-state index in [-0.39, 0.29) is 15.6 Å². The van der Waals surface area contributed by atoms with Crippen LogP contribution in [-0.2, 0) is 24.8 Å². The molecule has 12 heteroatoms. The first-order valence-corrected chi connectivity index (χ1v) is 14.3. The second-order valence-electron chi connectivity index (χ2n) is 7.81. The number of nitrogens with one attached hydrogen (secondary N) is 2. The van der Waals surface area contributed by atoms with Crippen LogP contribution in [0, 0.1) is 6.92 Å². The van der Waals surface area contributed by atoms with Gasteiger partial charge in [-0.2, -0.15) is 0 Å². The first kappa shape index (κ1) is 26.8. The van der Waals surface area contributed by atoms with E-state index in [1.807, 2.05) is 6.92 Å². The molecule has 0 fully saturated rings. The second kappa shape index (κ2) is 10.4. The average Bonchev–Trinajstić information content (AvgIpc) is 2.76. The molecule has 8 nitrogen and oxygen atoms in total. The van der Waals surface area contributed by atoms with Crippen molar-refractivity contribution < 1.29 is 21.6 Å². The summed E-state index contributed by atoms with van der Waals surface area (Å²) >= 11 is 11.9. The molecule has 186 valence electrons. The molecule has 1 amide bonds. The summed E-state index contributed by atoms with van der Waals surface area (Å²) in [5.41, 5.74) is 1.76. The number of aryl methyl sites for hydroxylation is 1. The number of anilines is 3. The minimum Gasteiger partial charge on any atom is -0.324 e. The van der Waals surface area contributed by atoms with E-state index in [0.29, 0.717) is 16.4 Å². The Balaban J connectivity index is 1.76. The van der Waals surface area contributed by atoms with Gasteiger partial charge in [-0.3, -0.25) is 13.8 Å². The smallest absolute Gasteiger partial charge is 0.261 e. The zero-order chi connectivity index (χ0) is 26.0. The first-order valence-electron chi connectivity index (χ1n) is 10.2. The summed E-state index contributed by atoms with van der Waals surface area (Å²) in [5, 5.41) is 3.13. The maximum atomic E-state index is 12.9. The number of sulfonamides is 2. The minimum absolute atomic E-state index is 0.0630. The van der Waals surface area contributed by atoms with E-state index in [1.165, 1.54) is 49.4 Å². The lowest BCUT2D eigenvalue weighted by molar-refractivity contribution is -0.116. The Morgan fingerprint density at radius 1 is 0.914 bits per heavy atom. The van der Waals surface area contributed by atoms with Gasteiger partial charge in [0.15, 0.2) is 0 Å². The van der Waals surface area contributed by atoms with Gasteiger partial charge in [-0.25, -0.2) is 16.8 Å². The van der Waals surface area contributed by atoms with Crippen LogP contribution in [0.15, 0.2) is 71.6 Å². The summed E-state index contributed by atoms with van der Waals surface area (Å²) in [6.45, 7) is 3.34. The van der Waals surface area contributed by atoms with Crippen LogP contribution in [0.1, 0.15) is 12.5 Å². The van der Waals surface area contributed by atoms with Gasteiger partial charge in [0.1, 0.15) is 6.04 Å². The number of benzene rings is 3. The summed E-state index contributed by atoms with van der Waals surface area (Å²) in [6.07, 6.45) is 1.02. The molecule has 35 heavy (non-hydrogen) atoms. The Bertz CT molecular complexity index is 1440. The standard InChI is InChI=1S/C23H23Cl2N3O5S2/c1-15-4-9-19(10-5-15)28(34(3,30)31)16(2)23(29)26-18-7-11-20(12-8-18)35(32,33)27-22-13-6-17(24)14-21(22)25/h4-14,16,27H,1-3H3,(H,26,29). The largest absolute Gasteiger partial charge is 0.324 e. The van der Waals surface area contributed by atoms with Crippen molar-refractivity contribution in [2.75, 3.05) is 20.6 Å². The molecule has 0 saturated heterocycles. The Morgan fingerprint density at radius 2 is 1.51 bits per heavy atom. The molecule has 0 aromatic heterocycles. The van der Waals surface area contributed by atoms with Crippen LogP contribution in [0.3, 0.4) is 0 Å². The van der Waals surface area contributed by atoms with Crippen molar-refractivity contribution in [1.82, 2.24) is 0 Å². The SMILES string of the molecule is Cc1ccc(N(C(C)C(=O)Nc2ccc(S(=O)(=O)Nc3ccc(Cl)cc3Cl)cc2)S(C)(=O)=O)cc1. The van der Waals surface area contributed by atoms with Crippen LogP contribution < -0.4 is 14.3 Å². The van der Waals surface area contributed by atoms with Crippen LogP contribution in [0.4, 0.5) is 17.1 Å². The minimum atomic E-state index is -3.96. The second-order valence-corrected chi connectivity index (χ2v) is 12.2. The molecule has 1 atom stereocenters. The van der Waals surface area contributed by atoms with Crippen molar-refractivity contribution in [2.45, 2.75) is 24.8 Å². The zero-order valence-corrected chi connectivity index (χ0v) is 22.1. The number of nitrogens with zero attached hydrogens (tertiary/aromatic N) is 1. The van der Waals surface area contributed by atoms with Crippen LogP contribution in [0.5, 0.6) is 0 Å². The topological polar surface area (TPSA) is 113 Å². The number of amides is 1. The maximum Gasteiger partial charge on any atom is 0.261 e. The summed E-state index contributed by atoms with van der Waals surface area (Å²) in [7, 11) is -7.72. The molecule has 3 aromatic carbocycles. The molecule has 2 N–H and O–H groups in total. The molecule has 0 aliphatic rings. The van der Waals surface area contributed by atoms with Gasteiger partial charge in [-0.15, -0.1) is 0 Å². The summed E-state index contributed by atoms with van der Waals surface area (Å²) in [4.78, 5) is 12.8. The Labute approximate surface area is 215 Å². The van der Waals surface area contributed by atoms with E-state index in [2.05, 4.69) is 10.0 Å². The highest BCUT2D eigenvalue weighted by molar-refractivity contribution is 7.92. The predicted octanol–water partition coefficient (Wildman–Crippen LogP) is 4.90. The van der Waals surface area contributed by atoms with Gasteiger partial charge < -0.3 is 5.32 Å². The molecule has 0 heterocycles.